The van der Waals surface area contributed by atoms with Crippen molar-refractivity contribution in [2.75, 3.05) is 0 Å². The molecular formula is C17H14F2O4. The normalized spacial score (nSPS) is 10.6. The van der Waals surface area contributed by atoms with Gasteiger partial charge in [-0.2, -0.15) is 0 Å². The second-order valence-corrected chi connectivity index (χ2v) is 5.21. The van der Waals surface area contributed by atoms with Gasteiger partial charge in [0.15, 0.2) is 11.6 Å². The van der Waals surface area contributed by atoms with Gasteiger partial charge in [-0.3, -0.25) is 9.59 Å². The van der Waals surface area contributed by atoms with E-state index in [1.165, 1.54) is 13.8 Å². The van der Waals surface area contributed by atoms with E-state index in [1.54, 1.807) is 0 Å². The van der Waals surface area contributed by atoms with Gasteiger partial charge in [-0.25, -0.2) is 8.78 Å². The van der Waals surface area contributed by atoms with E-state index in [0.717, 1.165) is 24.3 Å². The lowest BCUT2D eigenvalue weighted by molar-refractivity contribution is 0.100. The van der Waals surface area contributed by atoms with Gasteiger partial charge in [-0.05, 0) is 38.1 Å². The van der Waals surface area contributed by atoms with E-state index in [9.17, 15) is 28.6 Å². The van der Waals surface area contributed by atoms with E-state index >= 15 is 0 Å². The lowest BCUT2D eigenvalue weighted by atomic mass is 9.96. The summed E-state index contributed by atoms with van der Waals surface area (Å²) in [7, 11) is 0. The molecular weight excluding hydrogens is 306 g/mol. The smallest absolute Gasteiger partial charge is 0.163 e. The fourth-order valence-corrected chi connectivity index (χ4v) is 2.32. The van der Waals surface area contributed by atoms with Crippen LogP contribution < -0.4 is 0 Å². The minimum atomic E-state index is -0.745. The van der Waals surface area contributed by atoms with Crippen molar-refractivity contribution < 1.29 is 28.6 Å². The largest absolute Gasteiger partial charge is 0.507 e. The van der Waals surface area contributed by atoms with Gasteiger partial charge >= 0.3 is 0 Å². The molecule has 0 unspecified atom stereocenters. The number of rotatable bonds is 4. The van der Waals surface area contributed by atoms with Gasteiger partial charge in [0, 0.05) is 17.5 Å². The van der Waals surface area contributed by atoms with Crippen molar-refractivity contribution in [2.24, 2.45) is 0 Å². The first-order valence-electron chi connectivity index (χ1n) is 6.75. The number of benzene rings is 2. The summed E-state index contributed by atoms with van der Waals surface area (Å²) in [6.07, 6.45) is -0.242. The Morgan fingerprint density at radius 3 is 1.48 bits per heavy atom. The van der Waals surface area contributed by atoms with Gasteiger partial charge in [0.1, 0.15) is 23.1 Å². The van der Waals surface area contributed by atoms with Crippen molar-refractivity contribution in [2.45, 2.75) is 20.3 Å². The van der Waals surface area contributed by atoms with Crippen LogP contribution in [0.5, 0.6) is 11.5 Å². The molecule has 0 heterocycles. The molecule has 0 fully saturated rings. The number of hydrogen-bond acceptors (Lipinski definition) is 4. The highest BCUT2D eigenvalue weighted by molar-refractivity contribution is 5.98. The zero-order chi connectivity index (χ0) is 17.3. The average molecular weight is 320 g/mol. The molecule has 2 aromatic rings. The Balaban J connectivity index is 2.56. The molecule has 0 spiro atoms. The van der Waals surface area contributed by atoms with Crippen molar-refractivity contribution in [3.8, 4) is 11.5 Å². The molecule has 4 nitrogen and oxygen atoms in total. The highest BCUT2D eigenvalue weighted by Gasteiger charge is 2.18. The SMILES string of the molecule is CC(=O)c1cc(F)cc(Cc2cc(F)cc(C(C)=O)c2O)c1O. The van der Waals surface area contributed by atoms with Crippen molar-refractivity contribution in [3.63, 3.8) is 0 Å². The monoisotopic (exact) mass is 320 g/mol. The second kappa shape index (κ2) is 6.16. The molecule has 6 heteroatoms. The van der Waals surface area contributed by atoms with Crippen LogP contribution in [0.15, 0.2) is 24.3 Å². The van der Waals surface area contributed by atoms with Crippen LogP contribution in [0.1, 0.15) is 45.7 Å². The van der Waals surface area contributed by atoms with Crippen LogP contribution in [0.25, 0.3) is 0 Å². The van der Waals surface area contributed by atoms with E-state index in [4.69, 9.17) is 0 Å². The Morgan fingerprint density at radius 1 is 0.826 bits per heavy atom. The van der Waals surface area contributed by atoms with E-state index in [-0.39, 0.29) is 28.7 Å². The van der Waals surface area contributed by atoms with Crippen LogP contribution >= 0.6 is 0 Å². The summed E-state index contributed by atoms with van der Waals surface area (Å²) in [5.74, 6) is -3.43. The number of carbonyl (C=O) groups is 2. The highest BCUT2D eigenvalue weighted by Crippen LogP contribution is 2.32. The first-order chi connectivity index (χ1) is 10.7. The number of halogens is 2. The molecule has 0 atom stereocenters. The number of carbonyl (C=O) groups excluding carboxylic acids is 2. The Labute approximate surface area is 131 Å². The van der Waals surface area contributed by atoms with Crippen LogP contribution in [0, 0.1) is 11.6 Å². The topological polar surface area (TPSA) is 74.6 Å². The third-order valence-corrected chi connectivity index (χ3v) is 3.45. The second-order valence-electron chi connectivity index (χ2n) is 5.21. The van der Waals surface area contributed by atoms with Crippen molar-refractivity contribution in [1.82, 2.24) is 0 Å². The lowest BCUT2D eigenvalue weighted by Crippen LogP contribution is -2.02. The molecule has 0 saturated heterocycles. The average Bonchev–Trinajstić information content (AvgIpc) is 2.45. The van der Waals surface area contributed by atoms with E-state index in [0.29, 0.717) is 0 Å². The first-order valence-corrected chi connectivity index (χ1v) is 6.75. The summed E-state index contributed by atoms with van der Waals surface area (Å²) in [5, 5.41) is 20.1. The van der Waals surface area contributed by atoms with Gasteiger partial charge in [0.25, 0.3) is 0 Å². The predicted octanol–water partition coefficient (Wildman–Crippen LogP) is 3.37. The summed E-state index contributed by atoms with van der Waals surface area (Å²) >= 11 is 0. The summed E-state index contributed by atoms with van der Waals surface area (Å²) in [6, 6.07) is 3.76. The maximum atomic E-state index is 13.6. The molecule has 0 saturated carbocycles. The van der Waals surface area contributed by atoms with Crippen molar-refractivity contribution in [1.29, 1.82) is 0 Å². The summed E-state index contributed by atoms with van der Waals surface area (Å²) in [5.41, 5.74) is -0.401. The van der Waals surface area contributed by atoms with Gasteiger partial charge in [0.2, 0.25) is 0 Å². The van der Waals surface area contributed by atoms with Crippen molar-refractivity contribution in [3.05, 3.63) is 58.2 Å². The number of phenols is 2. The molecule has 0 aromatic heterocycles. The standard InChI is InChI=1S/C17H14F2O4/c1-8(20)14-6-12(18)4-10(16(14)22)3-11-5-13(19)7-15(9(2)21)17(11)23/h4-7,22-23H,3H2,1-2H3. The molecule has 0 radical (unpaired) electrons. The zero-order valence-electron chi connectivity index (χ0n) is 12.5. The summed E-state index contributed by atoms with van der Waals surface area (Å²) < 4.78 is 27.2. The minimum absolute atomic E-state index is 0.00519. The molecule has 2 aromatic carbocycles. The molecule has 0 aliphatic rings. The van der Waals surface area contributed by atoms with Crippen LogP contribution in [-0.4, -0.2) is 21.8 Å². The van der Waals surface area contributed by atoms with E-state index in [1.807, 2.05) is 0 Å². The Bertz CT molecular complexity index is 745. The Hall–Kier alpha value is -2.76. The van der Waals surface area contributed by atoms with E-state index in [2.05, 4.69) is 0 Å². The maximum Gasteiger partial charge on any atom is 0.163 e. The number of phenolic OH excluding ortho intramolecular Hbond substituents is 2. The van der Waals surface area contributed by atoms with Gasteiger partial charge in [-0.15, -0.1) is 0 Å². The molecule has 2 rings (SSSR count). The first kappa shape index (κ1) is 16.6. The third-order valence-electron chi connectivity index (χ3n) is 3.45. The van der Waals surface area contributed by atoms with Crippen LogP contribution in [0.4, 0.5) is 8.78 Å². The van der Waals surface area contributed by atoms with Gasteiger partial charge in [0.05, 0.1) is 11.1 Å². The predicted molar refractivity (Wildman–Crippen MR) is 78.9 cm³/mol. The summed E-state index contributed by atoms with van der Waals surface area (Å²) in [6.45, 7) is 2.34. The number of Topliss-reactive ketones (excluding diaryl/α,β-unsaturated/α-hetero) is 2. The number of aromatic hydroxyl groups is 2. The minimum Gasteiger partial charge on any atom is -0.507 e. The fraction of sp³-hybridized carbons (Fsp3) is 0.176. The molecule has 0 aliphatic heterocycles. The fourth-order valence-electron chi connectivity index (χ4n) is 2.32. The quantitative estimate of drug-likeness (QED) is 0.847. The molecule has 0 bridgehead atoms. The van der Waals surface area contributed by atoms with Crippen LogP contribution in [-0.2, 0) is 6.42 Å². The molecule has 120 valence electrons. The van der Waals surface area contributed by atoms with Crippen LogP contribution in [0.2, 0.25) is 0 Å². The zero-order valence-corrected chi connectivity index (χ0v) is 12.5. The summed E-state index contributed by atoms with van der Waals surface area (Å²) in [4.78, 5) is 22.8. The molecule has 2 N–H and O–H groups in total. The van der Waals surface area contributed by atoms with Crippen LogP contribution in [0.3, 0.4) is 0 Å². The highest BCUT2D eigenvalue weighted by atomic mass is 19.1. The Morgan fingerprint density at radius 2 is 1.17 bits per heavy atom. The molecule has 0 aliphatic carbocycles. The maximum absolute atomic E-state index is 13.6. The van der Waals surface area contributed by atoms with E-state index < -0.39 is 34.7 Å². The van der Waals surface area contributed by atoms with Gasteiger partial charge in [-0.1, -0.05) is 0 Å². The molecule has 23 heavy (non-hydrogen) atoms. The van der Waals surface area contributed by atoms with Crippen molar-refractivity contribution >= 4 is 11.6 Å². The number of hydrogen-bond donors (Lipinski definition) is 2. The lowest BCUT2D eigenvalue weighted by Gasteiger charge is -2.12. The number of ketones is 2. The Kier molecular flexibility index (Phi) is 4.45. The molecule has 0 amide bonds. The van der Waals surface area contributed by atoms with Gasteiger partial charge < -0.3 is 10.2 Å². The third kappa shape index (κ3) is 3.36.